The second-order valence-electron chi connectivity index (χ2n) is 4.35. The smallest absolute Gasteiger partial charge is 0.309 e. The molecule has 3 rings (SSSR count). The summed E-state index contributed by atoms with van der Waals surface area (Å²) in [6, 6.07) is 0. The molecule has 6 atom stereocenters. The highest BCUT2D eigenvalue weighted by Crippen LogP contribution is 2.55. The van der Waals surface area contributed by atoms with Crippen LogP contribution in [0.1, 0.15) is 6.42 Å². The predicted molar refractivity (Wildman–Crippen MR) is 41.5 cm³/mol. The van der Waals surface area contributed by atoms with Gasteiger partial charge < -0.3 is 14.9 Å². The highest BCUT2D eigenvalue weighted by molar-refractivity contribution is 5.76. The zero-order valence-electron chi connectivity index (χ0n) is 7.09. The first-order chi connectivity index (χ1) is 6.20. The van der Waals surface area contributed by atoms with E-state index in [0.29, 0.717) is 13.0 Å². The first kappa shape index (κ1) is 7.76. The lowest BCUT2D eigenvalue weighted by atomic mass is 9.80. The maximum absolute atomic E-state index is 11.3. The van der Waals surface area contributed by atoms with Crippen LogP contribution < -0.4 is 0 Å². The van der Waals surface area contributed by atoms with Gasteiger partial charge >= 0.3 is 5.97 Å². The van der Waals surface area contributed by atoms with Crippen LogP contribution in [0.2, 0.25) is 0 Å². The number of hydrogen-bond acceptors (Lipinski definition) is 4. The molecule has 1 saturated heterocycles. The number of aliphatic hydroxyl groups is 2. The summed E-state index contributed by atoms with van der Waals surface area (Å²) in [5.41, 5.74) is 0. The Labute approximate surface area is 75.5 Å². The number of fused-ring (bicyclic) bond motifs is 5. The molecule has 2 N–H and O–H groups in total. The minimum Gasteiger partial charge on any atom is -0.465 e. The van der Waals surface area contributed by atoms with E-state index >= 15 is 0 Å². The average Bonchev–Trinajstić information content (AvgIpc) is 2.64. The van der Waals surface area contributed by atoms with E-state index in [4.69, 9.17) is 4.74 Å². The van der Waals surface area contributed by atoms with Gasteiger partial charge in [0.2, 0.25) is 0 Å². The molecular weight excluding hydrogens is 172 g/mol. The van der Waals surface area contributed by atoms with Gasteiger partial charge in [0.1, 0.15) is 0 Å². The molecular formula is C9H12O4. The summed E-state index contributed by atoms with van der Waals surface area (Å²) in [4.78, 5) is 11.3. The van der Waals surface area contributed by atoms with Crippen LogP contribution in [0.25, 0.3) is 0 Å². The molecule has 0 spiro atoms. The fourth-order valence-corrected chi connectivity index (χ4v) is 3.38. The van der Waals surface area contributed by atoms with Crippen molar-refractivity contribution in [2.75, 3.05) is 6.61 Å². The first-order valence-electron chi connectivity index (χ1n) is 4.73. The molecule has 0 unspecified atom stereocenters. The van der Waals surface area contributed by atoms with Gasteiger partial charge in [-0.15, -0.1) is 0 Å². The van der Waals surface area contributed by atoms with Crippen molar-refractivity contribution in [1.29, 1.82) is 0 Å². The van der Waals surface area contributed by atoms with E-state index in [-0.39, 0.29) is 29.6 Å². The van der Waals surface area contributed by atoms with E-state index in [1.165, 1.54) is 0 Å². The second-order valence-corrected chi connectivity index (χ2v) is 4.35. The Morgan fingerprint density at radius 2 is 2.08 bits per heavy atom. The maximum atomic E-state index is 11.3. The lowest BCUT2D eigenvalue weighted by molar-refractivity contribution is -0.143. The van der Waals surface area contributed by atoms with Crippen molar-refractivity contribution < 1.29 is 19.7 Å². The molecule has 3 fully saturated rings. The molecule has 2 saturated carbocycles. The van der Waals surface area contributed by atoms with Crippen molar-refractivity contribution in [3.8, 4) is 0 Å². The Balaban J connectivity index is 1.98. The molecule has 2 aliphatic carbocycles. The van der Waals surface area contributed by atoms with E-state index in [0.717, 1.165) is 0 Å². The number of carbonyl (C=O) groups is 1. The molecule has 0 aromatic carbocycles. The standard InChI is InChI=1S/C9H12O4/c10-5-1-3-6-4(2-13-9(6)12)7(5)8(3)11/h3-8,10-11H,1-2H2/t3-,4-,5-,6+,7-,8-/m0/s1. The van der Waals surface area contributed by atoms with E-state index < -0.39 is 12.2 Å². The number of hydrogen-bond donors (Lipinski definition) is 2. The Morgan fingerprint density at radius 3 is 2.85 bits per heavy atom. The summed E-state index contributed by atoms with van der Waals surface area (Å²) < 4.78 is 4.94. The fraction of sp³-hybridized carbons (Fsp3) is 0.889. The molecule has 2 bridgehead atoms. The average molecular weight is 184 g/mol. The van der Waals surface area contributed by atoms with Gasteiger partial charge in [-0.05, 0) is 6.42 Å². The zero-order chi connectivity index (χ0) is 9.16. The van der Waals surface area contributed by atoms with Gasteiger partial charge in [-0.25, -0.2) is 0 Å². The van der Waals surface area contributed by atoms with Crippen LogP contribution in [-0.2, 0) is 9.53 Å². The lowest BCUT2D eigenvalue weighted by Gasteiger charge is -2.23. The topological polar surface area (TPSA) is 66.8 Å². The van der Waals surface area contributed by atoms with Crippen molar-refractivity contribution in [3.63, 3.8) is 0 Å². The van der Waals surface area contributed by atoms with Gasteiger partial charge in [-0.1, -0.05) is 0 Å². The molecule has 72 valence electrons. The number of rotatable bonds is 0. The second kappa shape index (κ2) is 2.25. The zero-order valence-corrected chi connectivity index (χ0v) is 7.09. The lowest BCUT2D eigenvalue weighted by Crippen LogP contribution is -2.31. The van der Waals surface area contributed by atoms with Crippen LogP contribution in [-0.4, -0.2) is 35.0 Å². The van der Waals surface area contributed by atoms with E-state index in [1.807, 2.05) is 0 Å². The van der Waals surface area contributed by atoms with Crippen LogP contribution in [0.4, 0.5) is 0 Å². The van der Waals surface area contributed by atoms with E-state index in [9.17, 15) is 15.0 Å². The van der Waals surface area contributed by atoms with Crippen molar-refractivity contribution >= 4 is 5.97 Å². The van der Waals surface area contributed by atoms with Gasteiger partial charge in [0.25, 0.3) is 0 Å². The molecule has 0 aromatic rings. The Morgan fingerprint density at radius 1 is 1.31 bits per heavy atom. The first-order valence-corrected chi connectivity index (χ1v) is 4.73. The van der Waals surface area contributed by atoms with Crippen molar-refractivity contribution in [2.45, 2.75) is 18.6 Å². The third-order valence-electron chi connectivity index (χ3n) is 3.90. The SMILES string of the molecule is O=C1OC[C@H]2[C@H]1[C@@H]1C[C@H](O)[C@H]2[C@H]1O. The Hall–Kier alpha value is -0.610. The minimum absolute atomic E-state index is 0.0556. The molecule has 0 amide bonds. The molecule has 0 aromatic heterocycles. The minimum atomic E-state index is -0.488. The van der Waals surface area contributed by atoms with Crippen LogP contribution in [0, 0.1) is 23.7 Å². The van der Waals surface area contributed by atoms with Crippen molar-refractivity contribution in [2.24, 2.45) is 23.7 Å². The van der Waals surface area contributed by atoms with Crippen molar-refractivity contribution in [1.82, 2.24) is 0 Å². The van der Waals surface area contributed by atoms with Crippen LogP contribution in [0.5, 0.6) is 0 Å². The summed E-state index contributed by atoms with van der Waals surface area (Å²) in [5.74, 6) is -0.426. The summed E-state index contributed by atoms with van der Waals surface area (Å²) in [6.07, 6.45) is -0.365. The van der Waals surface area contributed by atoms with Gasteiger partial charge in [-0.2, -0.15) is 0 Å². The molecule has 13 heavy (non-hydrogen) atoms. The van der Waals surface area contributed by atoms with Crippen molar-refractivity contribution in [3.05, 3.63) is 0 Å². The molecule has 4 heteroatoms. The van der Waals surface area contributed by atoms with Gasteiger partial charge in [-0.3, -0.25) is 4.79 Å². The van der Waals surface area contributed by atoms with Gasteiger partial charge in [0.05, 0.1) is 24.7 Å². The molecule has 3 aliphatic rings. The molecule has 4 nitrogen and oxygen atoms in total. The monoisotopic (exact) mass is 184 g/mol. The number of ether oxygens (including phenoxy) is 1. The fourth-order valence-electron chi connectivity index (χ4n) is 3.38. The summed E-state index contributed by atoms with van der Waals surface area (Å²) in [7, 11) is 0. The highest BCUT2D eigenvalue weighted by atomic mass is 16.5. The number of aliphatic hydroxyl groups excluding tert-OH is 2. The molecule has 1 heterocycles. The number of esters is 1. The predicted octanol–water partition coefficient (Wildman–Crippen LogP) is -0.853. The summed E-state index contributed by atoms with van der Waals surface area (Å²) in [5, 5.41) is 19.4. The third kappa shape index (κ3) is 0.758. The summed E-state index contributed by atoms with van der Waals surface area (Å²) >= 11 is 0. The number of carbonyl (C=O) groups excluding carboxylic acids is 1. The highest BCUT2D eigenvalue weighted by Gasteiger charge is 2.63. The molecule has 1 aliphatic heterocycles. The normalized spacial score (nSPS) is 58.2. The Kier molecular flexibility index (Phi) is 1.34. The van der Waals surface area contributed by atoms with Gasteiger partial charge in [0.15, 0.2) is 0 Å². The largest absolute Gasteiger partial charge is 0.465 e. The van der Waals surface area contributed by atoms with Crippen LogP contribution in [0.15, 0.2) is 0 Å². The molecule has 0 radical (unpaired) electrons. The number of cyclic esters (lactones) is 1. The van der Waals surface area contributed by atoms with E-state index in [2.05, 4.69) is 0 Å². The maximum Gasteiger partial charge on any atom is 0.309 e. The van der Waals surface area contributed by atoms with Gasteiger partial charge in [0, 0.05) is 17.8 Å². The summed E-state index contributed by atoms with van der Waals surface area (Å²) in [6.45, 7) is 0.388. The van der Waals surface area contributed by atoms with E-state index in [1.54, 1.807) is 0 Å². The quantitative estimate of drug-likeness (QED) is 0.481. The van der Waals surface area contributed by atoms with Crippen LogP contribution in [0.3, 0.4) is 0 Å². The third-order valence-corrected chi connectivity index (χ3v) is 3.90. The van der Waals surface area contributed by atoms with Crippen LogP contribution >= 0.6 is 0 Å². The Bertz CT molecular complexity index is 262.